The summed E-state index contributed by atoms with van der Waals surface area (Å²) in [5.74, 6) is 1.05. The second kappa shape index (κ2) is 3.60. The fraction of sp³-hybridized carbons (Fsp3) is 0.600. The second-order valence-electron chi connectivity index (χ2n) is 3.30. The highest BCUT2D eigenvalue weighted by Gasteiger charge is 2.09. The van der Waals surface area contributed by atoms with Gasteiger partial charge in [-0.15, -0.1) is 0 Å². The third-order valence-electron chi connectivity index (χ3n) is 2.04. The first-order valence-corrected chi connectivity index (χ1v) is 3.81. The monoisotopic (exact) mass is 138 g/mol. The van der Waals surface area contributed by atoms with Gasteiger partial charge in [-0.3, -0.25) is 0 Å². The van der Waals surface area contributed by atoms with E-state index in [-0.39, 0.29) is 0 Å². The van der Waals surface area contributed by atoms with E-state index in [1.54, 1.807) is 0 Å². The molecule has 0 saturated carbocycles. The molecule has 0 heterocycles. The minimum absolute atomic E-state index is 0.472. The molecule has 0 aliphatic carbocycles. The summed E-state index contributed by atoms with van der Waals surface area (Å²) in [6.45, 7) is 16.5. The lowest BCUT2D eigenvalue weighted by molar-refractivity contribution is 0.648. The van der Waals surface area contributed by atoms with Crippen molar-refractivity contribution in [3.05, 3.63) is 24.3 Å². The maximum absolute atomic E-state index is 4.01. The van der Waals surface area contributed by atoms with Crippen LogP contribution in [0.3, 0.4) is 0 Å². The zero-order chi connectivity index (χ0) is 8.31. The smallest absolute Gasteiger partial charge is 0.00270 e. The van der Waals surface area contributed by atoms with Crippen molar-refractivity contribution in [2.45, 2.75) is 27.7 Å². The quantitative estimate of drug-likeness (QED) is 0.524. The minimum atomic E-state index is 0.472. The van der Waals surface area contributed by atoms with Gasteiger partial charge in [-0.2, -0.15) is 0 Å². The van der Waals surface area contributed by atoms with Crippen LogP contribution in [0.25, 0.3) is 0 Å². The fourth-order valence-corrected chi connectivity index (χ4v) is 0.816. The first-order valence-electron chi connectivity index (χ1n) is 3.81. The summed E-state index contributed by atoms with van der Waals surface area (Å²) >= 11 is 0. The molecule has 1 atom stereocenters. The lowest BCUT2D eigenvalue weighted by Gasteiger charge is -2.17. The van der Waals surface area contributed by atoms with E-state index in [4.69, 9.17) is 0 Å². The van der Waals surface area contributed by atoms with Gasteiger partial charge in [0.15, 0.2) is 0 Å². The van der Waals surface area contributed by atoms with Crippen molar-refractivity contribution >= 4 is 0 Å². The highest BCUT2D eigenvalue weighted by Crippen LogP contribution is 2.22. The Kier molecular flexibility index (Phi) is 3.41. The molecule has 0 fully saturated rings. The van der Waals surface area contributed by atoms with Crippen LogP contribution in [0.5, 0.6) is 0 Å². The molecule has 0 aromatic carbocycles. The van der Waals surface area contributed by atoms with Gasteiger partial charge in [0.25, 0.3) is 0 Å². The van der Waals surface area contributed by atoms with E-state index in [9.17, 15) is 0 Å². The summed E-state index contributed by atoms with van der Waals surface area (Å²) in [6.07, 6.45) is 0. The number of rotatable bonds is 3. The normalized spacial score (nSPS) is 13.3. The lowest BCUT2D eigenvalue weighted by atomic mass is 9.89. The topological polar surface area (TPSA) is 0 Å². The van der Waals surface area contributed by atoms with Crippen LogP contribution in [-0.4, -0.2) is 0 Å². The molecule has 0 spiro atoms. The maximum Gasteiger partial charge on any atom is -0.00270 e. The minimum Gasteiger partial charge on any atom is -0.0995 e. The number of allylic oxidation sites excluding steroid dienone is 2. The molecule has 1 unspecified atom stereocenters. The zero-order valence-electron chi connectivity index (χ0n) is 7.57. The predicted molar refractivity (Wildman–Crippen MR) is 48.0 cm³/mol. The third-order valence-corrected chi connectivity index (χ3v) is 2.04. The molecule has 0 aromatic rings. The van der Waals surface area contributed by atoms with Crippen LogP contribution in [0.1, 0.15) is 27.7 Å². The van der Waals surface area contributed by atoms with E-state index < -0.39 is 0 Å². The Balaban J connectivity index is 4.08. The molecule has 10 heavy (non-hydrogen) atoms. The van der Waals surface area contributed by atoms with Crippen molar-refractivity contribution in [1.82, 2.24) is 0 Å². The first kappa shape index (κ1) is 9.48. The van der Waals surface area contributed by atoms with Gasteiger partial charge in [-0.1, -0.05) is 45.1 Å². The molecule has 0 aliphatic heterocycles. The van der Waals surface area contributed by atoms with E-state index >= 15 is 0 Å². The van der Waals surface area contributed by atoms with Gasteiger partial charge in [0, 0.05) is 0 Å². The molecule has 0 aliphatic rings. The van der Waals surface area contributed by atoms with Gasteiger partial charge in [0.1, 0.15) is 0 Å². The van der Waals surface area contributed by atoms with Crippen molar-refractivity contribution < 1.29 is 0 Å². The molecule has 0 aromatic heterocycles. The molecule has 0 nitrogen and oxygen atoms in total. The highest BCUT2D eigenvalue weighted by molar-refractivity contribution is 5.14. The lowest BCUT2D eigenvalue weighted by Crippen LogP contribution is -2.04. The van der Waals surface area contributed by atoms with E-state index in [0.29, 0.717) is 11.8 Å². The van der Waals surface area contributed by atoms with Crippen LogP contribution in [0.15, 0.2) is 24.3 Å². The molecule has 0 radical (unpaired) electrons. The Morgan fingerprint density at radius 3 is 1.60 bits per heavy atom. The molecule has 58 valence electrons. The molecule has 0 amide bonds. The van der Waals surface area contributed by atoms with Gasteiger partial charge in [-0.25, -0.2) is 0 Å². The average molecular weight is 138 g/mol. The summed E-state index contributed by atoms with van der Waals surface area (Å²) in [5, 5.41) is 0. The van der Waals surface area contributed by atoms with Crippen molar-refractivity contribution in [3.63, 3.8) is 0 Å². The standard InChI is InChI=1S/C10H18/c1-7(2)9(5)10(6)8(3)4/h8-9H,1,6H2,2-5H3. The molecular weight excluding hydrogens is 120 g/mol. The maximum atomic E-state index is 4.01. The second-order valence-corrected chi connectivity index (χ2v) is 3.30. The van der Waals surface area contributed by atoms with Crippen LogP contribution in [0.2, 0.25) is 0 Å². The fourth-order valence-electron chi connectivity index (χ4n) is 0.816. The van der Waals surface area contributed by atoms with Crippen LogP contribution < -0.4 is 0 Å². The third kappa shape index (κ3) is 2.38. The Morgan fingerprint density at radius 1 is 1.10 bits per heavy atom. The summed E-state index contributed by atoms with van der Waals surface area (Å²) in [7, 11) is 0. The zero-order valence-corrected chi connectivity index (χ0v) is 7.57. The van der Waals surface area contributed by atoms with E-state index in [1.807, 2.05) is 0 Å². The molecule has 0 bridgehead atoms. The Morgan fingerprint density at radius 2 is 1.50 bits per heavy atom. The molecule has 0 saturated heterocycles. The highest BCUT2D eigenvalue weighted by atomic mass is 14.1. The largest absolute Gasteiger partial charge is 0.0995 e. The summed E-state index contributed by atoms with van der Waals surface area (Å²) in [6, 6.07) is 0. The van der Waals surface area contributed by atoms with Gasteiger partial charge < -0.3 is 0 Å². The molecular formula is C10H18. The molecule has 0 heteroatoms. The van der Waals surface area contributed by atoms with Crippen LogP contribution in [0, 0.1) is 11.8 Å². The number of hydrogen-bond donors (Lipinski definition) is 0. The summed E-state index contributed by atoms with van der Waals surface area (Å²) in [4.78, 5) is 0. The van der Waals surface area contributed by atoms with Crippen molar-refractivity contribution in [3.8, 4) is 0 Å². The van der Waals surface area contributed by atoms with Gasteiger partial charge in [0.05, 0.1) is 0 Å². The van der Waals surface area contributed by atoms with Crippen molar-refractivity contribution in [2.75, 3.05) is 0 Å². The molecule has 0 rings (SSSR count). The van der Waals surface area contributed by atoms with Crippen LogP contribution >= 0.6 is 0 Å². The van der Waals surface area contributed by atoms with Crippen LogP contribution in [-0.2, 0) is 0 Å². The summed E-state index contributed by atoms with van der Waals surface area (Å²) < 4.78 is 0. The SMILES string of the molecule is C=C(C)C(C)C(=C)C(C)C. The van der Waals surface area contributed by atoms with Gasteiger partial charge >= 0.3 is 0 Å². The van der Waals surface area contributed by atoms with Crippen LogP contribution in [0.4, 0.5) is 0 Å². The average Bonchev–Trinajstić information content (AvgIpc) is 1.84. The number of hydrogen-bond acceptors (Lipinski definition) is 0. The summed E-state index contributed by atoms with van der Waals surface area (Å²) in [5.41, 5.74) is 2.49. The first-order chi connectivity index (χ1) is 4.46. The molecule has 0 N–H and O–H groups in total. The van der Waals surface area contributed by atoms with E-state index in [2.05, 4.69) is 40.9 Å². The van der Waals surface area contributed by atoms with E-state index in [1.165, 1.54) is 11.1 Å². The van der Waals surface area contributed by atoms with E-state index in [0.717, 1.165) is 0 Å². The van der Waals surface area contributed by atoms with Gasteiger partial charge in [0.2, 0.25) is 0 Å². The van der Waals surface area contributed by atoms with Gasteiger partial charge in [-0.05, 0) is 18.8 Å². The van der Waals surface area contributed by atoms with Crippen molar-refractivity contribution in [1.29, 1.82) is 0 Å². The Labute approximate surface area is 64.6 Å². The Hall–Kier alpha value is -0.520. The van der Waals surface area contributed by atoms with Crippen molar-refractivity contribution in [2.24, 2.45) is 11.8 Å². The Bertz CT molecular complexity index is 140. The predicted octanol–water partition coefficient (Wildman–Crippen LogP) is 3.41.